The third kappa shape index (κ3) is 2.76. The monoisotopic (exact) mass is 279 g/mol. The Hall–Kier alpha value is -0.710. The van der Waals surface area contributed by atoms with Crippen LogP contribution in [0.3, 0.4) is 0 Å². The van der Waals surface area contributed by atoms with Crippen LogP contribution in [0.25, 0.3) is 0 Å². The highest BCUT2D eigenvalue weighted by Crippen LogP contribution is 2.31. The van der Waals surface area contributed by atoms with E-state index in [1.807, 2.05) is 6.07 Å². The van der Waals surface area contributed by atoms with E-state index in [0.29, 0.717) is 5.75 Å². The van der Waals surface area contributed by atoms with Crippen molar-refractivity contribution in [3.05, 3.63) is 35.4 Å². The van der Waals surface area contributed by atoms with Crippen LogP contribution in [0.2, 0.25) is 0 Å². The molecule has 1 heterocycles. The summed E-state index contributed by atoms with van der Waals surface area (Å²) in [5.74, 6) is 0.653. The van der Waals surface area contributed by atoms with Gasteiger partial charge < -0.3 is 10.5 Å². The fraction of sp³-hybridized carbons (Fsp3) is 0.600. The Balaban J connectivity index is 1.70. The zero-order valence-electron chi connectivity index (χ0n) is 11.1. The van der Waals surface area contributed by atoms with Gasteiger partial charge in [0, 0.05) is 23.4 Å². The first-order chi connectivity index (χ1) is 9.25. The average Bonchev–Trinajstić information content (AvgIpc) is 2.92. The molecule has 4 unspecified atom stereocenters. The lowest BCUT2D eigenvalue weighted by Crippen LogP contribution is -2.37. The Morgan fingerprint density at radius 1 is 1.32 bits per heavy atom. The Morgan fingerprint density at radius 2 is 2.16 bits per heavy atom. The van der Waals surface area contributed by atoms with E-state index in [9.17, 15) is 4.21 Å². The number of rotatable bonds is 3. The maximum Gasteiger partial charge on any atom is 0.0691 e. The normalized spacial score (nSPS) is 31.9. The second kappa shape index (κ2) is 5.73. The molecule has 0 radical (unpaired) electrons. The van der Waals surface area contributed by atoms with Crippen LogP contribution in [0.5, 0.6) is 0 Å². The molecule has 4 atom stereocenters. The highest BCUT2D eigenvalue weighted by atomic mass is 32.2. The minimum absolute atomic E-state index is 0.0825. The summed E-state index contributed by atoms with van der Waals surface area (Å²) < 4.78 is 18.1. The molecular formula is C15H21NO2S. The SMILES string of the molecule is NC1c2ccccc2CCC1S(=O)CC1CCCO1. The van der Waals surface area contributed by atoms with Gasteiger partial charge in [-0.1, -0.05) is 24.3 Å². The molecule has 19 heavy (non-hydrogen) atoms. The van der Waals surface area contributed by atoms with Crippen molar-refractivity contribution in [2.24, 2.45) is 5.73 Å². The number of hydrogen-bond donors (Lipinski definition) is 1. The third-order valence-electron chi connectivity index (χ3n) is 4.22. The minimum atomic E-state index is -0.884. The van der Waals surface area contributed by atoms with Crippen LogP contribution in [0, 0.1) is 0 Å². The lowest BCUT2D eigenvalue weighted by Gasteiger charge is -2.31. The number of ether oxygens (including phenoxy) is 1. The first kappa shape index (κ1) is 13.3. The first-order valence-electron chi connectivity index (χ1n) is 7.08. The van der Waals surface area contributed by atoms with Crippen LogP contribution in [0.15, 0.2) is 24.3 Å². The lowest BCUT2D eigenvalue weighted by atomic mass is 9.88. The second-order valence-electron chi connectivity index (χ2n) is 5.48. The van der Waals surface area contributed by atoms with Crippen molar-refractivity contribution in [1.29, 1.82) is 0 Å². The predicted octanol–water partition coefficient (Wildman–Crippen LogP) is 1.93. The van der Waals surface area contributed by atoms with Crippen molar-refractivity contribution in [3.8, 4) is 0 Å². The maximum absolute atomic E-state index is 12.5. The summed E-state index contributed by atoms with van der Waals surface area (Å²) in [6.45, 7) is 0.821. The van der Waals surface area contributed by atoms with Crippen molar-refractivity contribution in [2.75, 3.05) is 12.4 Å². The van der Waals surface area contributed by atoms with Crippen molar-refractivity contribution >= 4 is 10.8 Å². The molecule has 0 saturated carbocycles. The smallest absolute Gasteiger partial charge is 0.0691 e. The van der Waals surface area contributed by atoms with E-state index in [-0.39, 0.29) is 17.4 Å². The zero-order valence-corrected chi connectivity index (χ0v) is 11.9. The Kier molecular flexibility index (Phi) is 4.01. The lowest BCUT2D eigenvalue weighted by molar-refractivity contribution is 0.128. The maximum atomic E-state index is 12.5. The van der Waals surface area contributed by atoms with Gasteiger partial charge in [0.05, 0.1) is 17.1 Å². The molecule has 1 fully saturated rings. The van der Waals surface area contributed by atoms with Crippen LogP contribution >= 0.6 is 0 Å². The highest BCUT2D eigenvalue weighted by Gasteiger charge is 2.32. The molecule has 1 saturated heterocycles. The molecule has 2 N–H and O–H groups in total. The van der Waals surface area contributed by atoms with Gasteiger partial charge in [-0.3, -0.25) is 4.21 Å². The van der Waals surface area contributed by atoms with Crippen LogP contribution in [-0.2, 0) is 22.0 Å². The number of fused-ring (bicyclic) bond motifs is 1. The number of hydrogen-bond acceptors (Lipinski definition) is 3. The third-order valence-corrected chi connectivity index (χ3v) is 6.13. The molecule has 1 aromatic rings. The van der Waals surface area contributed by atoms with Gasteiger partial charge in [-0.05, 0) is 36.8 Å². The summed E-state index contributed by atoms with van der Waals surface area (Å²) in [5, 5.41) is 0.0825. The highest BCUT2D eigenvalue weighted by molar-refractivity contribution is 7.85. The Bertz CT molecular complexity index is 471. The molecule has 0 amide bonds. The van der Waals surface area contributed by atoms with Crippen LogP contribution in [0.4, 0.5) is 0 Å². The standard InChI is InChI=1S/C15H21NO2S/c16-15-13-6-2-1-4-11(13)7-8-14(15)19(17)10-12-5-3-9-18-12/h1-2,4,6,12,14-15H,3,5,7-10,16H2. The minimum Gasteiger partial charge on any atom is -0.377 e. The van der Waals surface area contributed by atoms with Crippen molar-refractivity contribution in [1.82, 2.24) is 0 Å². The van der Waals surface area contributed by atoms with Gasteiger partial charge in [0.25, 0.3) is 0 Å². The summed E-state index contributed by atoms with van der Waals surface area (Å²) in [7, 11) is -0.884. The Labute approximate surface area is 117 Å². The molecule has 0 spiro atoms. The molecule has 0 aromatic heterocycles. The molecular weight excluding hydrogens is 258 g/mol. The summed E-state index contributed by atoms with van der Waals surface area (Å²) in [5.41, 5.74) is 8.83. The predicted molar refractivity (Wildman–Crippen MR) is 77.5 cm³/mol. The fourth-order valence-electron chi connectivity index (χ4n) is 3.14. The summed E-state index contributed by atoms with van der Waals surface area (Å²) in [4.78, 5) is 0. The quantitative estimate of drug-likeness (QED) is 0.920. The second-order valence-corrected chi connectivity index (χ2v) is 7.18. The summed E-state index contributed by atoms with van der Waals surface area (Å²) >= 11 is 0. The molecule has 0 bridgehead atoms. The summed E-state index contributed by atoms with van der Waals surface area (Å²) in [6, 6.07) is 8.19. The molecule has 1 aliphatic carbocycles. The fourth-order valence-corrected chi connectivity index (χ4v) is 4.87. The van der Waals surface area contributed by atoms with Crippen LogP contribution in [-0.4, -0.2) is 27.9 Å². The van der Waals surface area contributed by atoms with Crippen molar-refractivity contribution in [2.45, 2.75) is 43.1 Å². The van der Waals surface area contributed by atoms with Gasteiger partial charge in [-0.25, -0.2) is 0 Å². The van der Waals surface area contributed by atoms with Crippen molar-refractivity contribution in [3.63, 3.8) is 0 Å². The summed E-state index contributed by atoms with van der Waals surface area (Å²) in [6.07, 6.45) is 4.25. The van der Waals surface area contributed by atoms with Gasteiger partial charge in [0.1, 0.15) is 0 Å². The molecule has 3 rings (SSSR count). The van der Waals surface area contributed by atoms with E-state index in [0.717, 1.165) is 32.3 Å². The number of nitrogens with two attached hydrogens (primary N) is 1. The molecule has 4 heteroatoms. The average molecular weight is 279 g/mol. The van der Waals surface area contributed by atoms with Gasteiger partial charge in [-0.15, -0.1) is 0 Å². The van der Waals surface area contributed by atoms with E-state index in [1.54, 1.807) is 0 Å². The van der Waals surface area contributed by atoms with E-state index < -0.39 is 10.8 Å². The van der Waals surface area contributed by atoms with Crippen LogP contribution in [0.1, 0.15) is 36.4 Å². The topological polar surface area (TPSA) is 52.3 Å². The molecule has 2 aliphatic rings. The van der Waals surface area contributed by atoms with Gasteiger partial charge in [-0.2, -0.15) is 0 Å². The number of aryl methyl sites for hydroxylation is 1. The van der Waals surface area contributed by atoms with Gasteiger partial charge in [0.15, 0.2) is 0 Å². The Morgan fingerprint density at radius 3 is 2.95 bits per heavy atom. The molecule has 3 nitrogen and oxygen atoms in total. The van der Waals surface area contributed by atoms with Crippen molar-refractivity contribution < 1.29 is 8.95 Å². The molecule has 1 aliphatic heterocycles. The first-order valence-corrected chi connectivity index (χ1v) is 8.46. The van der Waals surface area contributed by atoms with Gasteiger partial charge >= 0.3 is 0 Å². The van der Waals surface area contributed by atoms with E-state index in [2.05, 4.69) is 18.2 Å². The molecule has 1 aromatic carbocycles. The van der Waals surface area contributed by atoms with E-state index in [1.165, 1.54) is 11.1 Å². The van der Waals surface area contributed by atoms with E-state index in [4.69, 9.17) is 10.5 Å². The molecule has 104 valence electrons. The van der Waals surface area contributed by atoms with E-state index >= 15 is 0 Å². The van der Waals surface area contributed by atoms with Gasteiger partial charge in [0.2, 0.25) is 0 Å². The zero-order chi connectivity index (χ0) is 13.2. The number of benzene rings is 1. The largest absolute Gasteiger partial charge is 0.377 e. The van der Waals surface area contributed by atoms with Crippen LogP contribution < -0.4 is 5.73 Å².